The first-order valence-electron chi connectivity index (χ1n) is 7.62. The SMILES string of the molecule is Clc1ccc(C2=NN(c3cccc(Br)c3)[C@@H](c3cccs3)C2)cc1. The van der Waals surface area contributed by atoms with Gasteiger partial charge < -0.3 is 0 Å². The number of hydrogen-bond acceptors (Lipinski definition) is 3. The van der Waals surface area contributed by atoms with Gasteiger partial charge in [-0.05, 0) is 47.3 Å². The maximum Gasteiger partial charge on any atom is 0.0923 e. The number of hydrazone groups is 1. The van der Waals surface area contributed by atoms with Gasteiger partial charge in [0.1, 0.15) is 0 Å². The van der Waals surface area contributed by atoms with Crippen molar-refractivity contribution in [1.29, 1.82) is 0 Å². The van der Waals surface area contributed by atoms with E-state index in [1.165, 1.54) is 4.88 Å². The molecule has 0 spiro atoms. The highest BCUT2D eigenvalue weighted by Gasteiger charge is 2.30. The Morgan fingerprint density at radius 1 is 1.08 bits per heavy atom. The van der Waals surface area contributed by atoms with Gasteiger partial charge in [0.25, 0.3) is 0 Å². The molecule has 0 aliphatic carbocycles. The minimum atomic E-state index is 0.227. The summed E-state index contributed by atoms with van der Waals surface area (Å²) in [5, 5.41) is 9.92. The van der Waals surface area contributed by atoms with Crippen LogP contribution in [0, 0.1) is 0 Å². The average molecular weight is 418 g/mol. The Labute approximate surface area is 158 Å². The summed E-state index contributed by atoms with van der Waals surface area (Å²) < 4.78 is 1.06. The number of rotatable bonds is 3. The van der Waals surface area contributed by atoms with Crippen molar-refractivity contribution in [2.75, 3.05) is 5.01 Å². The van der Waals surface area contributed by atoms with Crippen LogP contribution in [-0.4, -0.2) is 5.71 Å². The summed E-state index contributed by atoms with van der Waals surface area (Å²) in [5.41, 5.74) is 3.30. The molecule has 0 bridgehead atoms. The standard InChI is InChI=1S/C19H14BrClN2S/c20-14-3-1-4-16(11-14)23-18(19-5-2-10-24-19)12-17(22-23)13-6-8-15(21)9-7-13/h1-11,18H,12H2/t18-/m1/s1. The van der Waals surface area contributed by atoms with Crippen LogP contribution in [0.1, 0.15) is 22.9 Å². The van der Waals surface area contributed by atoms with Crippen LogP contribution in [0.3, 0.4) is 0 Å². The van der Waals surface area contributed by atoms with Crippen molar-refractivity contribution in [3.8, 4) is 0 Å². The quantitative estimate of drug-likeness (QED) is 0.473. The van der Waals surface area contributed by atoms with E-state index in [1.807, 2.05) is 36.4 Å². The van der Waals surface area contributed by atoms with Gasteiger partial charge in [0.05, 0.1) is 17.4 Å². The third kappa shape index (κ3) is 3.14. The second-order valence-corrected chi connectivity index (χ2v) is 7.94. The van der Waals surface area contributed by atoms with Crippen LogP contribution in [-0.2, 0) is 0 Å². The highest BCUT2D eigenvalue weighted by atomic mass is 79.9. The number of hydrogen-bond donors (Lipinski definition) is 0. The minimum Gasteiger partial charge on any atom is -0.257 e. The maximum absolute atomic E-state index is 6.02. The molecule has 0 unspecified atom stereocenters. The summed E-state index contributed by atoms with van der Waals surface area (Å²) in [4.78, 5) is 1.32. The molecular weight excluding hydrogens is 404 g/mol. The van der Waals surface area contributed by atoms with Gasteiger partial charge >= 0.3 is 0 Å². The molecular formula is C19H14BrClN2S. The molecule has 120 valence electrons. The van der Waals surface area contributed by atoms with Crippen LogP contribution in [0.4, 0.5) is 5.69 Å². The van der Waals surface area contributed by atoms with Crippen molar-refractivity contribution in [3.05, 3.63) is 86.0 Å². The smallest absolute Gasteiger partial charge is 0.0923 e. The lowest BCUT2D eigenvalue weighted by molar-refractivity contribution is 0.722. The zero-order valence-electron chi connectivity index (χ0n) is 12.7. The predicted molar refractivity (Wildman–Crippen MR) is 106 cm³/mol. The molecule has 2 heterocycles. The van der Waals surface area contributed by atoms with Crippen molar-refractivity contribution in [3.63, 3.8) is 0 Å². The minimum absolute atomic E-state index is 0.227. The van der Waals surface area contributed by atoms with Crippen LogP contribution in [0.2, 0.25) is 5.02 Å². The van der Waals surface area contributed by atoms with E-state index in [0.717, 1.165) is 32.9 Å². The van der Waals surface area contributed by atoms with E-state index >= 15 is 0 Å². The van der Waals surface area contributed by atoms with Crippen molar-refractivity contribution >= 4 is 50.3 Å². The number of nitrogens with zero attached hydrogens (tertiary/aromatic N) is 2. The summed E-state index contributed by atoms with van der Waals surface area (Å²) >= 11 is 11.3. The molecule has 0 amide bonds. The molecule has 0 radical (unpaired) electrons. The van der Waals surface area contributed by atoms with Crippen LogP contribution < -0.4 is 5.01 Å². The normalized spacial score (nSPS) is 17.2. The first-order valence-corrected chi connectivity index (χ1v) is 9.67. The van der Waals surface area contributed by atoms with E-state index in [9.17, 15) is 0 Å². The molecule has 5 heteroatoms. The first kappa shape index (κ1) is 15.9. The Balaban J connectivity index is 1.75. The molecule has 0 fully saturated rings. The van der Waals surface area contributed by atoms with Gasteiger partial charge in [-0.15, -0.1) is 11.3 Å². The Hall–Kier alpha value is -1.62. The lowest BCUT2D eigenvalue weighted by Crippen LogP contribution is -2.17. The van der Waals surface area contributed by atoms with Crippen LogP contribution >= 0.6 is 38.9 Å². The van der Waals surface area contributed by atoms with Crippen molar-refractivity contribution in [2.45, 2.75) is 12.5 Å². The molecule has 1 aliphatic heterocycles. The highest BCUT2D eigenvalue weighted by Crippen LogP contribution is 2.39. The van der Waals surface area contributed by atoms with Gasteiger partial charge in [-0.3, -0.25) is 5.01 Å². The van der Waals surface area contributed by atoms with E-state index in [1.54, 1.807) is 11.3 Å². The molecule has 2 aromatic carbocycles. The first-order chi connectivity index (χ1) is 11.7. The molecule has 24 heavy (non-hydrogen) atoms. The van der Waals surface area contributed by atoms with Gasteiger partial charge in [-0.25, -0.2) is 0 Å². The Morgan fingerprint density at radius 3 is 2.62 bits per heavy atom. The van der Waals surface area contributed by atoms with Gasteiger partial charge in [0, 0.05) is 20.8 Å². The fourth-order valence-corrected chi connectivity index (χ4v) is 4.21. The molecule has 1 atom stereocenters. The number of anilines is 1. The molecule has 3 aromatic rings. The second kappa shape index (κ2) is 6.71. The van der Waals surface area contributed by atoms with E-state index in [4.69, 9.17) is 16.7 Å². The molecule has 4 rings (SSSR count). The topological polar surface area (TPSA) is 15.6 Å². The average Bonchev–Trinajstić information content (AvgIpc) is 3.25. The lowest BCUT2D eigenvalue weighted by Gasteiger charge is -2.22. The third-order valence-corrected chi connectivity index (χ3v) is 5.75. The van der Waals surface area contributed by atoms with Crippen LogP contribution in [0.5, 0.6) is 0 Å². The lowest BCUT2D eigenvalue weighted by atomic mass is 10.0. The van der Waals surface area contributed by atoms with Crippen molar-refractivity contribution in [2.24, 2.45) is 5.10 Å². The van der Waals surface area contributed by atoms with Gasteiger partial charge in [-0.1, -0.05) is 51.8 Å². The van der Waals surface area contributed by atoms with E-state index in [-0.39, 0.29) is 6.04 Å². The molecule has 0 N–H and O–H groups in total. The van der Waals surface area contributed by atoms with Crippen molar-refractivity contribution in [1.82, 2.24) is 0 Å². The third-order valence-electron chi connectivity index (χ3n) is 4.03. The molecule has 1 aliphatic rings. The summed E-state index contributed by atoms with van der Waals surface area (Å²) in [6.07, 6.45) is 0.884. The van der Waals surface area contributed by atoms with Crippen LogP contribution in [0.15, 0.2) is 75.6 Å². The second-order valence-electron chi connectivity index (χ2n) is 5.61. The zero-order valence-corrected chi connectivity index (χ0v) is 15.9. The summed E-state index contributed by atoms with van der Waals surface area (Å²) in [6, 6.07) is 20.7. The maximum atomic E-state index is 6.02. The predicted octanol–water partition coefficient (Wildman–Crippen LogP) is 6.52. The Kier molecular flexibility index (Phi) is 4.44. The molecule has 0 saturated carbocycles. The molecule has 2 nitrogen and oxygen atoms in total. The fourth-order valence-electron chi connectivity index (χ4n) is 2.89. The molecule has 1 aromatic heterocycles. The van der Waals surface area contributed by atoms with E-state index in [2.05, 4.69) is 50.6 Å². The van der Waals surface area contributed by atoms with E-state index < -0.39 is 0 Å². The fraction of sp³-hybridized carbons (Fsp3) is 0.105. The van der Waals surface area contributed by atoms with Gasteiger partial charge in [0.15, 0.2) is 0 Å². The number of halogens is 2. The Bertz CT molecular complexity index is 875. The highest BCUT2D eigenvalue weighted by molar-refractivity contribution is 9.10. The summed E-state index contributed by atoms with van der Waals surface area (Å²) in [7, 11) is 0. The summed E-state index contributed by atoms with van der Waals surface area (Å²) in [5.74, 6) is 0. The van der Waals surface area contributed by atoms with Crippen molar-refractivity contribution < 1.29 is 0 Å². The summed E-state index contributed by atoms with van der Waals surface area (Å²) in [6.45, 7) is 0. The largest absolute Gasteiger partial charge is 0.257 e. The number of thiophene rings is 1. The van der Waals surface area contributed by atoms with Crippen LogP contribution in [0.25, 0.3) is 0 Å². The Morgan fingerprint density at radius 2 is 1.92 bits per heavy atom. The zero-order chi connectivity index (χ0) is 16.5. The number of benzene rings is 2. The molecule has 0 saturated heterocycles. The van der Waals surface area contributed by atoms with Gasteiger partial charge in [-0.2, -0.15) is 5.10 Å². The van der Waals surface area contributed by atoms with Gasteiger partial charge in [0.2, 0.25) is 0 Å². The van der Waals surface area contributed by atoms with E-state index in [0.29, 0.717) is 0 Å². The monoisotopic (exact) mass is 416 g/mol.